The molecule has 0 aromatic heterocycles. The highest BCUT2D eigenvalue weighted by Crippen LogP contribution is 2.32. The number of fused-ring (bicyclic) bond motifs is 1. The molecule has 1 aromatic carbocycles. The number of amides is 4. The zero-order valence-corrected chi connectivity index (χ0v) is 15.6. The van der Waals surface area contributed by atoms with E-state index in [1.165, 1.54) is 0 Å². The van der Waals surface area contributed by atoms with Crippen LogP contribution in [-0.2, 0) is 14.3 Å². The second-order valence-corrected chi connectivity index (χ2v) is 7.56. The second kappa shape index (κ2) is 7.11. The van der Waals surface area contributed by atoms with E-state index in [0.29, 0.717) is 18.8 Å². The summed E-state index contributed by atoms with van der Waals surface area (Å²) >= 11 is 0. The molecule has 2 aliphatic heterocycles. The Hall–Kier alpha value is -2.74. The number of nitrogens with zero attached hydrogens (tertiary/aromatic N) is 1. The Morgan fingerprint density at radius 1 is 1.19 bits per heavy atom. The Morgan fingerprint density at radius 3 is 2.59 bits per heavy atom. The number of hydrogen-bond acceptors (Lipinski definition) is 6. The number of carbonyl (C=O) groups excluding carboxylic acids is 4. The van der Waals surface area contributed by atoms with Crippen molar-refractivity contribution in [1.82, 2.24) is 10.2 Å². The van der Waals surface area contributed by atoms with Gasteiger partial charge in [-0.25, -0.2) is 0 Å². The molecule has 1 unspecified atom stereocenters. The standard InChI is InChI=1S/C19H23N3O5/c1-19(2,3)27-10-9-20-12-6-4-5-11-15(12)18(26)22(17(11)25)13-7-8-14(23)21-16(13)24/h4-6,13,20H,7-10H2,1-3H3,(H,21,23,24). The Kier molecular flexibility index (Phi) is 5.01. The van der Waals surface area contributed by atoms with Crippen molar-refractivity contribution in [3.05, 3.63) is 29.3 Å². The lowest BCUT2D eigenvalue weighted by molar-refractivity contribution is -0.136. The molecule has 0 aliphatic carbocycles. The Labute approximate surface area is 157 Å². The van der Waals surface area contributed by atoms with Crippen LogP contribution in [-0.4, -0.2) is 53.3 Å². The van der Waals surface area contributed by atoms with Crippen molar-refractivity contribution in [1.29, 1.82) is 0 Å². The number of hydrogen-bond donors (Lipinski definition) is 2. The molecule has 2 heterocycles. The van der Waals surface area contributed by atoms with Gasteiger partial charge in [-0.1, -0.05) is 6.07 Å². The predicted octanol–water partition coefficient (Wildman–Crippen LogP) is 1.31. The van der Waals surface area contributed by atoms with Crippen LogP contribution in [0, 0.1) is 0 Å². The van der Waals surface area contributed by atoms with Crippen molar-refractivity contribution in [3.8, 4) is 0 Å². The van der Waals surface area contributed by atoms with Gasteiger partial charge < -0.3 is 10.1 Å². The highest BCUT2D eigenvalue weighted by molar-refractivity contribution is 6.25. The molecule has 0 spiro atoms. The van der Waals surface area contributed by atoms with E-state index in [4.69, 9.17) is 4.74 Å². The van der Waals surface area contributed by atoms with Crippen molar-refractivity contribution in [2.75, 3.05) is 18.5 Å². The normalized spacial score (nSPS) is 20.0. The van der Waals surface area contributed by atoms with E-state index in [-0.39, 0.29) is 29.6 Å². The number of anilines is 1. The van der Waals surface area contributed by atoms with E-state index >= 15 is 0 Å². The van der Waals surface area contributed by atoms with E-state index in [9.17, 15) is 19.2 Å². The number of rotatable bonds is 5. The minimum Gasteiger partial charge on any atom is -0.382 e. The smallest absolute Gasteiger partial charge is 0.264 e. The molecule has 2 aliphatic rings. The van der Waals surface area contributed by atoms with Crippen molar-refractivity contribution in [3.63, 3.8) is 0 Å². The fourth-order valence-corrected chi connectivity index (χ4v) is 3.21. The first-order valence-corrected chi connectivity index (χ1v) is 8.91. The highest BCUT2D eigenvalue weighted by Gasteiger charge is 2.45. The van der Waals surface area contributed by atoms with E-state index in [1.807, 2.05) is 20.8 Å². The van der Waals surface area contributed by atoms with Crippen LogP contribution < -0.4 is 10.6 Å². The molecular weight excluding hydrogens is 350 g/mol. The first kappa shape index (κ1) is 19.0. The number of imide groups is 2. The number of carbonyl (C=O) groups is 4. The highest BCUT2D eigenvalue weighted by atomic mass is 16.5. The average molecular weight is 373 g/mol. The van der Waals surface area contributed by atoms with Gasteiger partial charge in [-0.3, -0.25) is 29.4 Å². The topological polar surface area (TPSA) is 105 Å². The molecule has 0 saturated carbocycles. The summed E-state index contributed by atoms with van der Waals surface area (Å²) in [6, 6.07) is 4.00. The fourth-order valence-electron chi connectivity index (χ4n) is 3.21. The molecule has 8 nitrogen and oxygen atoms in total. The number of benzene rings is 1. The molecular formula is C19H23N3O5. The third-order valence-electron chi connectivity index (χ3n) is 4.42. The molecule has 2 N–H and O–H groups in total. The quantitative estimate of drug-likeness (QED) is 0.596. The van der Waals surface area contributed by atoms with Gasteiger partial charge in [-0.2, -0.15) is 0 Å². The zero-order chi connectivity index (χ0) is 19.8. The predicted molar refractivity (Wildman–Crippen MR) is 97.3 cm³/mol. The van der Waals surface area contributed by atoms with Gasteiger partial charge in [0.15, 0.2) is 0 Å². The van der Waals surface area contributed by atoms with Gasteiger partial charge in [-0.15, -0.1) is 0 Å². The van der Waals surface area contributed by atoms with Crippen molar-refractivity contribution >= 4 is 29.3 Å². The molecule has 4 amide bonds. The molecule has 8 heteroatoms. The lowest BCUT2D eigenvalue weighted by atomic mass is 10.0. The number of nitrogens with one attached hydrogen (secondary N) is 2. The maximum atomic E-state index is 12.9. The van der Waals surface area contributed by atoms with Gasteiger partial charge in [0.25, 0.3) is 11.8 Å². The van der Waals surface area contributed by atoms with Crippen LogP contribution in [0.5, 0.6) is 0 Å². The van der Waals surface area contributed by atoms with Crippen LogP contribution >= 0.6 is 0 Å². The molecule has 1 saturated heterocycles. The molecule has 1 atom stereocenters. The average Bonchev–Trinajstić information content (AvgIpc) is 2.83. The molecule has 1 aromatic rings. The van der Waals surface area contributed by atoms with Crippen molar-refractivity contribution in [2.24, 2.45) is 0 Å². The minimum absolute atomic E-state index is 0.0963. The molecule has 27 heavy (non-hydrogen) atoms. The Balaban J connectivity index is 1.78. The minimum atomic E-state index is -0.966. The summed E-state index contributed by atoms with van der Waals surface area (Å²) in [6.07, 6.45) is 0.234. The zero-order valence-electron chi connectivity index (χ0n) is 15.6. The lowest BCUT2D eigenvalue weighted by Gasteiger charge is -2.27. The van der Waals surface area contributed by atoms with Crippen LogP contribution in [0.15, 0.2) is 18.2 Å². The first-order chi connectivity index (χ1) is 12.7. The summed E-state index contributed by atoms with van der Waals surface area (Å²) in [6.45, 7) is 6.76. The number of ether oxygens (including phenoxy) is 1. The van der Waals surface area contributed by atoms with Crippen LogP contribution in [0.25, 0.3) is 0 Å². The van der Waals surface area contributed by atoms with Crippen LogP contribution in [0.3, 0.4) is 0 Å². The van der Waals surface area contributed by atoms with E-state index in [0.717, 1.165) is 4.90 Å². The third-order valence-corrected chi connectivity index (χ3v) is 4.42. The van der Waals surface area contributed by atoms with Gasteiger partial charge in [-0.05, 0) is 39.3 Å². The van der Waals surface area contributed by atoms with Gasteiger partial charge in [0.2, 0.25) is 11.8 Å². The summed E-state index contributed by atoms with van der Waals surface area (Å²) in [5.74, 6) is -2.05. The Bertz CT molecular complexity index is 812. The molecule has 0 radical (unpaired) electrons. The van der Waals surface area contributed by atoms with E-state index in [2.05, 4.69) is 10.6 Å². The van der Waals surface area contributed by atoms with Gasteiger partial charge in [0, 0.05) is 18.7 Å². The lowest BCUT2D eigenvalue weighted by Crippen LogP contribution is -2.54. The maximum Gasteiger partial charge on any atom is 0.264 e. The summed E-state index contributed by atoms with van der Waals surface area (Å²) in [5, 5.41) is 5.32. The summed E-state index contributed by atoms with van der Waals surface area (Å²) < 4.78 is 5.65. The van der Waals surface area contributed by atoms with Crippen molar-refractivity contribution < 1.29 is 23.9 Å². The van der Waals surface area contributed by atoms with E-state index in [1.54, 1.807) is 18.2 Å². The Morgan fingerprint density at radius 2 is 1.93 bits per heavy atom. The van der Waals surface area contributed by atoms with Crippen LogP contribution in [0.1, 0.15) is 54.3 Å². The summed E-state index contributed by atoms with van der Waals surface area (Å²) in [7, 11) is 0. The summed E-state index contributed by atoms with van der Waals surface area (Å²) in [5.41, 5.74) is 0.766. The maximum absolute atomic E-state index is 12.9. The van der Waals surface area contributed by atoms with Crippen molar-refractivity contribution in [2.45, 2.75) is 45.3 Å². The molecule has 1 fully saturated rings. The SMILES string of the molecule is CC(C)(C)OCCNc1cccc2c1C(=O)N(C1CCC(=O)NC1=O)C2=O. The monoisotopic (exact) mass is 373 g/mol. The molecule has 144 valence electrons. The van der Waals surface area contributed by atoms with Crippen LogP contribution in [0.2, 0.25) is 0 Å². The third kappa shape index (κ3) is 3.85. The van der Waals surface area contributed by atoms with Gasteiger partial charge in [0.1, 0.15) is 6.04 Å². The second-order valence-electron chi connectivity index (χ2n) is 7.56. The molecule has 0 bridgehead atoms. The van der Waals surface area contributed by atoms with E-state index < -0.39 is 29.7 Å². The first-order valence-electron chi connectivity index (χ1n) is 8.91. The number of piperidine rings is 1. The summed E-state index contributed by atoms with van der Waals surface area (Å²) in [4.78, 5) is 50.1. The van der Waals surface area contributed by atoms with Crippen LogP contribution in [0.4, 0.5) is 5.69 Å². The fraction of sp³-hybridized carbons (Fsp3) is 0.474. The largest absolute Gasteiger partial charge is 0.382 e. The van der Waals surface area contributed by atoms with Gasteiger partial charge in [0.05, 0.1) is 23.3 Å². The van der Waals surface area contributed by atoms with Gasteiger partial charge >= 0.3 is 0 Å². The molecule has 3 rings (SSSR count).